The number of methoxy groups -OCH3 is 1. The Hall–Kier alpha value is -1.41. The highest BCUT2D eigenvalue weighted by Gasteiger charge is 2.09. The van der Waals surface area contributed by atoms with E-state index in [1.165, 1.54) is 20.5 Å². The summed E-state index contributed by atoms with van der Waals surface area (Å²) >= 11 is 0. The van der Waals surface area contributed by atoms with Gasteiger partial charge in [0.05, 0.1) is 18.4 Å². The van der Waals surface area contributed by atoms with Crippen molar-refractivity contribution in [2.75, 3.05) is 31.8 Å². The van der Waals surface area contributed by atoms with Gasteiger partial charge in [-0.15, -0.1) is 0 Å². The van der Waals surface area contributed by atoms with Gasteiger partial charge in [-0.2, -0.15) is 0 Å². The molecule has 0 spiro atoms. The Kier molecular flexibility index (Phi) is 4.64. The fourth-order valence-corrected chi connectivity index (χ4v) is 1.80. The molecule has 0 aliphatic rings. The first-order valence-electron chi connectivity index (χ1n) is 5.01. The van der Waals surface area contributed by atoms with Gasteiger partial charge in [0.15, 0.2) is 0 Å². The van der Waals surface area contributed by atoms with Gasteiger partial charge in [0.2, 0.25) is 15.9 Å². The molecule has 0 saturated heterocycles. The Morgan fingerprint density at radius 3 is 2.71 bits per heavy atom. The molecular weight excluding hydrogens is 244 g/mol. The Morgan fingerprint density at radius 1 is 1.41 bits per heavy atom. The van der Waals surface area contributed by atoms with E-state index in [1.807, 2.05) is 0 Å². The Balaban J connectivity index is 2.64. The van der Waals surface area contributed by atoms with Crippen LogP contribution in [0.15, 0.2) is 6.33 Å². The molecule has 2 N–H and O–H groups in total. The highest BCUT2D eigenvalue weighted by molar-refractivity contribution is 7.89. The van der Waals surface area contributed by atoms with Crippen LogP contribution in [0.4, 0.5) is 5.82 Å². The second kappa shape index (κ2) is 5.78. The third kappa shape index (κ3) is 3.82. The molecule has 0 unspecified atom stereocenters. The average Bonchev–Trinajstić information content (AvgIpc) is 2.31. The molecule has 0 atom stereocenters. The van der Waals surface area contributed by atoms with Gasteiger partial charge in [-0.3, -0.25) is 0 Å². The van der Waals surface area contributed by atoms with Gasteiger partial charge in [0.25, 0.3) is 0 Å². The van der Waals surface area contributed by atoms with Crippen molar-refractivity contribution in [2.45, 2.75) is 6.92 Å². The Bertz CT molecular complexity index is 475. The van der Waals surface area contributed by atoms with Crippen LogP contribution in [0.5, 0.6) is 5.88 Å². The minimum absolute atomic E-state index is 0.0186. The molecule has 1 aromatic rings. The van der Waals surface area contributed by atoms with E-state index in [0.29, 0.717) is 11.7 Å². The third-order valence-electron chi connectivity index (χ3n) is 2.21. The van der Waals surface area contributed by atoms with E-state index in [9.17, 15) is 8.42 Å². The zero-order chi connectivity index (χ0) is 12.9. The van der Waals surface area contributed by atoms with Crippen molar-refractivity contribution in [3.05, 3.63) is 11.9 Å². The number of ether oxygens (including phenoxy) is 1. The molecule has 0 radical (unpaired) electrons. The maximum Gasteiger partial charge on any atom is 0.221 e. The van der Waals surface area contributed by atoms with Crippen molar-refractivity contribution in [3.8, 4) is 5.88 Å². The van der Waals surface area contributed by atoms with Gasteiger partial charge in [0, 0.05) is 6.54 Å². The van der Waals surface area contributed by atoms with E-state index in [4.69, 9.17) is 4.74 Å². The normalized spacial score (nSPS) is 11.2. The van der Waals surface area contributed by atoms with E-state index >= 15 is 0 Å². The topological polar surface area (TPSA) is 93.2 Å². The average molecular weight is 260 g/mol. The minimum Gasteiger partial charge on any atom is -0.481 e. The smallest absolute Gasteiger partial charge is 0.221 e. The predicted molar refractivity (Wildman–Crippen MR) is 64.7 cm³/mol. The zero-order valence-electron chi connectivity index (χ0n) is 10.0. The van der Waals surface area contributed by atoms with Gasteiger partial charge in [0.1, 0.15) is 12.1 Å². The molecule has 1 aromatic heterocycles. The second-order valence-corrected chi connectivity index (χ2v) is 5.35. The molecule has 0 aromatic carbocycles. The SMILES string of the molecule is CNS(=O)(=O)CCNc1ncnc(OC)c1C. The summed E-state index contributed by atoms with van der Waals surface area (Å²) in [6.07, 6.45) is 1.36. The summed E-state index contributed by atoms with van der Waals surface area (Å²) in [5, 5.41) is 2.93. The first-order valence-corrected chi connectivity index (χ1v) is 6.66. The number of aromatic nitrogens is 2. The van der Waals surface area contributed by atoms with Crippen LogP contribution in [0, 0.1) is 6.92 Å². The zero-order valence-corrected chi connectivity index (χ0v) is 10.8. The van der Waals surface area contributed by atoms with Crippen LogP contribution in [-0.4, -0.2) is 44.8 Å². The van der Waals surface area contributed by atoms with Crippen LogP contribution in [0.25, 0.3) is 0 Å². The van der Waals surface area contributed by atoms with Crippen LogP contribution >= 0.6 is 0 Å². The monoisotopic (exact) mass is 260 g/mol. The molecule has 8 heteroatoms. The highest BCUT2D eigenvalue weighted by Crippen LogP contribution is 2.19. The van der Waals surface area contributed by atoms with E-state index < -0.39 is 10.0 Å². The van der Waals surface area contributed by atoms with Crippen molar-refractivity contribution < 1.29 is 13.2 Å². The predicted octanol–water partition coefficient (Wildman–Crippen LogP) is -0.245. The standard InChI is InChI=1S/C9H16N4O3S/c1-7-8(12-6-13-9(7)16-3)11-4-5-17(14,15)10-2/h6,10H,4-5H2,1-3H3,(H,11,12,13). The van der Waals surface area contributed by atoms with Gasteiger partial charge in [-0.1, -0.05) is 0 Å². The maximum absolute atomic E-state index is 11.2. The molecule has 0 aliphatic carbocycles. The molecule has 0 fully saturated rings. The Morgan fingerprint density at radius 2 is 2.12 bits per heavy atom. The molecule has 0 bridgehead atoms. The number of hydrogen-bond donors (Lipinski definition) is 2. The fourth-order valence-electron chi connectivity index (χ4n) is 1.22. The van der Waals surface area contributed by atoms with Crippen molar-refractivity contribution in [2.24, 2.45) is 0 Å². The van der Waals surface area contributed by atoms with E-state index in [-0.39, 0.29) is 12.3 Å². The first kappa shape index (κ1) is 13.7. The van der Waals surface area contributed by atoms with Crippen LogP contribution < -0.4 is 14.8 Å². The third-order valence-corrected chi connectivity index (χ3v) is 3.57. The summed E-state index contributed by atoms with van der Waals surface area (Å²) in [5.41, 5.74) is 0.747. The number of rotatable bonds is 6. The molecule has 0 aliphatic heterocycles. The number of hydrogen-bond acceptors (Lipinski definition) is 6. The number of sulfonamides is 1. The number of nitrogens with one attached hydrogen (secondary N) is 2. The first-order chi connectivity index (χ1) is 8.00. The number of anilines is 1. The van der Waals surface area contributed by atoms with Gasteiger partial charge >= 0.3 is 0 Å². The van der Waals surface area contributed by atoms with E-state index in [0.717, 1.165) is 5.56 Å². The lowest BCUT2D eigenvalue weighted by atomic mass is 10.3. The van der Waals surface area contributed by atoms with E-state index in [1.54, 1.807) is 6.92 Å². The molecule has 7 nitrogen and oxygen atoms in total. The van der Waals surface area contributed by atoms with E-state index in [2.05, 4.69) is 20.0 Å². The fraction of sp³-hybridized carbons (Fsp3) is 0.556. The lowest BCUT2D eigenvalue weighted by Crippen LogP contribution is -2.26. The Labute approximate surface area is 101 Å². The van der Waals surface area contributed by atoms with Gasteiger partial charge in [-0.05, 0) is 14.0 Å². The molecule has 17 heavy (non-hydrogen) atoms. The van der Waals surface area contributed by atoms with Crippen LogP contribution in [0.3, 0.4) is 0 Å². The van der Waals surface area contributed by atoms with Gasteiger partial charge < -0.3 is 10.1 Å². The number of nitrogens with zero attached hydrogens (tertiary/aromatic N) is 2. The summed E-state index contributed by atoms with van der Waals surface area (Å²) in [6, 6.07) is 0. The molecule has 96 valence electrons. The van der Waals surface area contributed by atoms with Crippen LogP contribution in [-0.2, 0) is 10.0 Å². The molecule has 0 amide bonds. The van der Waals surface area contributed by atoms with Crippen LogP contribution in [0.1, 0.15) is 5.56 Å². The summed E-state index contributed by atoms with van der Waals surface area (Å²) in [7, 11) is -0.304. The summed E-state index contributed by atoms with van der Waals surface area (Å²) < 4.78 is 29.6. The van der Waals surface area contributed by atoms with Crippen molar-refractivity contribution in [1.29, 1.82) is 0 Å². The van der Waals surface area contributed by atoms with Gasteiger partial charge in [-0.25, -0.2) is 23.1 Å². The maximum atomic E-state index is 11.2. The molecular formula is C9H16N4O3S. The molecule has 1 rings (SSSR count). The van der Waals surface area contributed by atoms with Crippen molar-refractivity contribution in [3.63, 3.8) is 0 Å². The molecule has 0 saturated carbocycles. The quantitative estimate of drug-likeness (QED) is 0.733. The lowest BCUT2D eigenvalue weighted by molar-refractivity contribution is 0.393. The van der Waals surface area contributed by atoms with Crippen molar-refractivity contribution >= 4 is 15.8 Å². The highest BCUT2D eigenvalue weighted by atomic mass is 32.2. The summed E-state index contributed by atoms with van der Waals surface area (Å²) in [5.74, 6) is 1.03. The van der Waals surface area contributed by atoms with Crippen molar-refractivity contribution in [1.82, 2.24) is 14.7 Å². The van der Waals surface area contributed by atoms with Crippen LogP contribution in [0.2, 0.25) is 0 Å². The summed E-state index contributed by atoms with van der Waals surface area (Å²) in [4.78, 5) is 7.94. The molecule has 1 heterocycles. The summed E-state index contributed by atoms with van der Waals surface area (Å²) in [6.45, 7) is 2.07. The largest absolute Gasteiger partial charge is 0.481 e. The second-order valence-electron chi connectivity index (χ2n) is 3.31. The minimum atomic E-state index is -3.21. The lowest BCUT2D eigenvalue weighted by Gasteiger charge is -2.10.